The second kappa shape index (κ2) is 5.02. The lowest BCUT2D eigenvalue weighted by Gasteiger charge is -1.94. The van der Waals surface area contributed by atoms with Gasteiger partial charge in [-0.2, -0.15) is 10.2 Å². The molecule has 0 aliphatic heterocycles. The van der Waals surface area contributed by atoms with Crippen LogP contribution >= 0.6 is 0 Å². The highest BCUT2D eigenvalue weighted by Gasteiger charge is 2.06. The number of carbonyl (C=O) groups is 1. The maximum absolute atomic E-state index is 11.5. The molecule has 17 heavy (non-hydrogen) atoms. The van der Waals surface area contributed by atoms with Crippen molar-refractivity contribution in [3.63, 3.8) is 0 Å². The maximum Gasteiger partial charge on any atom is 0.291 e. The van der Waals surface area contributed by atoms with E-state index in [0.29, 0.717) is 11.4 Å². The van der Waals surface area contributed by atoms with E-state index in [9.17, 15) is 4.79 Å². The lowest BCUT2D eigenvalue weighted by Crippen LogP contribution is -2.18. The molecule has 86 valence electrons. The van der Waals surface area contributed by atoms with E-state index in [1.54, 1.807) is 18.3 Å². The maximum atomic E-state index is 11.5. The first-order valence-corrected chi connectivity index (χ1v) is 5.02. The number of carbonyl (C=O) groups excluding carboxylic acids is 1. The van der Waals surface area contributed by atoms with Crippen LogP contribution in [0.3, 0.4) is 0 Å². The van der Waals surface area contributed by atoms with Crippen molar-refractivity contribution in [2.45, 2.75) is 6.92 Å². The van der Waals surface area contributed by atoms with Crippen LogP contribution in [-0.2, 0) is 0 Å². The fraction of sp³-hybridized carbons (Fsp3) is 0.0909. The van der Waals surface area contributed by atoms with Gasteiger partial charge in [0, 0.05) is 11.9 Å². The Balaban J connectivity index is 1.95. The molecule has 2 heterocycles. The number of hydrazone groups is 1. The predicted molar refractivity (Wildman–Crippen MR) is 62.6 cm³/mol. The minimum Gasteiger partial charge on any atom is -0.282 e. The number of aromatic amines is 1. The number of rotatable bonds is 3. The van der Waals surface area contributed by atoms with E-state index < -0.39 is 0 Å². The molecule has 2 rings (SSSR count). The van der Waals surface area contributed by atoms with Crippen LogP contribution < -0.4 is 5.43 Å². The minimum absolute atomic E-state index is 0.306. The number of aromatic nitrogens is 3. The number of hydrogen-bond acceptors (Lipinski definition) is 4. The molecule has 6 heteroatoms. The summed E-state index contributed by atoms with van der Waals surface area (Å²) in [4.78, 5) is 15.6. The van der Waals surface area contributed by atoms with Gasteiger partial charge in [-0.3, -0.25) is 14.9 Å². The zero-order valence-electron chi connectivity index (χ0n) is 9.21. The van der Waals surface area contributed by atoms with Crippen LogP contribution in [0.2, 0.25) is 0 Å². The molecule has 0 bridgehead atoms. The molecular weight excluding hydrogens is 218 g/mol. The second-order valence-corrected chi connectivity index (χ2v) is 3.39. The van der Waals surface area contributed by atoms with Crippen molar-refractivity contribution in [2.24, 2.45) is 5.10 Å². The van der Waals surface area contributed by atoms with E-state index in [1.807, 2.05) is 19.1 Å². The molecule has 0 saturated heterocycles. The molecular formula is C11H11N5O. The number of H-pyrrole nitrogens is 1. The van der Waals surface area contributed by atoms with Crippen LogP contribution in [0.15, 0.2) is 35.6 Å². The first kappa shape index (κ1) is 11.0. The quantitative estimate of drug-likeness (QED) is 0.605. The van der Waals surface area contributed by atoms with E-state index in [2.05, 4.69) is 25.7 Å². The zero-order chi connectivity index (χ0) is 12.1. The summed E-state index contributed by atoms with van der Waals surface area (Å²) in [5.41, 5.74) is 4.17. The molecule has 0 spiro atoms. The normalized spacial score (nSPS) is 10.6. The molecule has 1 amide bonds. The highest BCUT2D eigenvalue weighted by Crippen LogP contribution is 1.96. The van der Waals surface area contributed by atoms with Crippen LogP contribution in [0.25, 0.3) is 0 Å². The van der Waals surface area contributed by atoms with Crippen molar-refractivity contribution in [1.29, 1.82) is 0 Å². The van der Waals surface area contributed by atoms with Crippen molar-refractivity contribution in [2.75, 3.05) is 0 Å². The molecule has 0 aliphatic rings. The molecule has 2 aromatic heterocycles. The average molecular weight is 229 g/mol. The predicted octanol–water partition coefficient (Wildman–Crippen LogP) is 0.877. The van der Waals surface area contributed by atoms with E-state index in [0.717, 1.165) is 5.69 Å². The van der Waals surface area contributed by atoms with Crippen molar-refractivity contribution >= 4 is 12.1 Å². The molecule has 0 aromatic carbocycles. The first-order valence-electron chi connectivity index (χ1n) is 5.02. The highest BCUT2D eigenvalue weighted by atomic mass is 16.2. The lowest BCUT2D eigenvalue weighted by molar-refractivity contribution is 0.0950. The Hall–Kier alpha value is -2.50. The summed E-state index contributed by atoms with van der Waals surface area (Å²) < 4.78 is 0. The van der Waals surface area contributed by atoms with E-state index in [-0.39, 0.29) is 5.91 Å². The molecule has 0 fully saturated rings. The van der Waals surface area contributed by atoms with Gasteiger partial charge in [-0.25, -0.2) is 5.43 Å². The third-order valence-electron chi connectivity index (χ3n) is 1.99. The Morgan fingerprint density at radius 3 is 3.06 bits per heavy atom. The van der Waals surface area contributed by atoms with Gasteiger partial charge in [0.05, 0.1) is 11.9 Å². The van der Waals surface area contributed by atoms with Crippen molar-refractivity contribution in [3.8, 4) is 0 Å². The number of aryl methyl sites for hydroxylation is 1. The van der Waals surface area contributed by atoms with Gasteiger partial charge in [-0.1, -0.05) is 6.07 Å². The van der Waals surface area contributed by atoms with E-state index in [1.165, 1.54) is 6.21 Å². The van der Waals surface area contributed by atoms with Gasteiger partial charge in [-0.15, -0.1) is 0 Å². The molecule has 0 saturated carbocycles. The summed E-state index contributed by atoms with van der Waals surface area (Å²) in [7, 11) is 0. The number of hydrogen-bond donors (Lipinski definition) is 2. The summed E-state index contributed by atoms with van der Waals surface area (Å²) in [6, 6.07) is 7.08. The van der Waals surface area contributed by atoms with Crippen molar-refractivity contribution in [3.05, 3.63) is 47.5 Å². The Morgan fingerprint density at radius 2 is 2.41 bits per heavy atom. The van der Waals surface area contributed by atoms with Gasteiger partial charge in [0.25, 0.3) is 5.91 Å². The van der Waals surface area contributed by atoms with Crippen LogP contribution in [0, 0.1) is 6.92 Å². The Labute approximate surface area is 97.8 Å². The third-order valence-corrected chi connectivity index (χ3v) is 1.99. The molecule has 2 N–H and O–H groups in total. The summed E-state index contributed by atoms with van der Waals surface area (Å²) >= 11 is 0. The first-order chi connectivity index (χ1) is 8.25. The standard InChI is InChI=1S/C11H11N5O/c1-8-6-10(15-14-8)11(17)16-13-7-9-4-2-3-5-12-9/h2-7H,1H3,(H,14,15)(H,16,17). The Morgan fingerprint density at radius 1 is 1.53 bits per heavy atom. The molecule has 6 nitrogen and oxygen atoms in total. The van der Waals surface area contributed by atoms with E-state index >= 15 is 0 Å². The number of amides is 1. The SMILES string of the molecule is Cc1cc(C(=O)NN=Cc2ccccn2)n[nH]1. The summed E-state index contributed by atoms with van der Waals surface area (Å²) in [5.74, 6) is -0.360. The third kappa shape index (κ3) is 2.97. The van der Waals surface area contributed by atoms with Gasteiger partial charge in [-0.05, 0) is 25.1 Å². The van der Waals surface area contributed by atoms with Gasteiger partial charge in [0.15, 0.2) is 5.69 Å². The van der Waals surface area contributed by atoms with Crippen LogP contribution in [0.1, 0.15) is 21.9 Å². The largest absolute Gasteiger partial charge is 0.291 e. The van der Waals surface area contributed by atoms with Gasteiger partial charge in [0.2, 0.25) is 0 Å². The fourth-order valence-electron chi connectivity index (χ4n) is 1.20. The van der Waals surface area contributed by atoms with Crippen LogP contribution in [-0.4, -0.2) is 27.3 Å². The monoisotopic (exact) mass is 229 g/mol. The second-order valence-electron chi connectivity index (χ2n) is 3.39. The highest BCUT2D eigenvalue weighted by molar-refractivity contribution is 5.92. The summed E-state index contributed by atoms with van der Waals surface area (Å²) in [5, 5.41) is 10.3. The van der Waals surface area contributed by atoms with Crippen LogP contribution in [0.4, 0.5) is 0 Å². The van der Waals surface area contributed by atoms with Gasteiger partial charge in [0.1, 0.15) is 0 Å². The zero-order valence-corrected chi connectivity index (χ0v) is 9.21. The smallest absolute Gasteiger partial charge is 0.282 e. The summed E-state index contributed by atoms with van der Waals surface area (Å²) in [6.45, 7) is 1.82. The lowest BCUT2D eigenvalue weighted by atomic mass is 10.3. The Bertz CT molecular complexity index is 532. The number of nitrogens with zero attached hydrogens (tertiary/aromatic N) is 3. The molecule has 0 aliphatic carbocycles. The topological polar surface area (TPSA) is 83.0 Å². The van der Waals surface area contributed by atoms with Gasteiger partial charge < -0.3 is 0 Å². The number of pyridine rings is 1. The van der Waals surface area contributed by atoms with Crippen molar-refractivity contribution in [1.82, 2.24) is 20.6 Å². The molecule has 0 atom stereocenters. The average Bonchev–Trinajstić information content (AvgIpc) is 2.77. The van der Waals surface area contributed by atoms with Crippen LogP contribution in [0.5, 0.6) is 0 Å². The Kier molecular flexibility index (Phi) is 3.25. The molecule has 0 radical (unpaired) electrons. The molecule has 0 unspecified atom stereocenters. The van der Waals surface area contributed by atoms with E-state index in [4.69, 9.17) is 0 Å². The van der Waals surface area contributed by atoms with Gasteiger partial charge >= 0.3 is 0 Å². The number of nitrogens with one attached hydrogen (secondary N) is 2. The van der Waals surface area contributed by atoms with Crippen molar-refractivity contribution < 1.29 is 4.79 Å². The minimum atomic E-state index is -0.360. The molecule has 2 aromatic rings. The fourth-order valence-corrected chi connectivity index (χ4v) is 1.20. The summed E-state index contributed by atoms with van der Waals surface area (Å²) in [6.07, 6.45) is 3.12.